The zero-order valence-corrected chi connectivity index (χ0v) is 26.9. The van der Waals surface area contributed by atoms with E-state index in [1.807, 2.05) is 0 Å². The third-order valence-electron chi connectivity index (χ3n) is 9.71. The molecule has 0 fully saturated rings. The average molecular weight is 613 g/mol. The van der Waals surface area contributed by atoms with Crippen LogP contribution in [0.5, 0.6) is 0 Å². The summed E-state index contributed by atoms with van der Waals surface area (Å²) in [5.74, 6) is 0. The minimum Gasteiger partial charge on any atom is -0.245 e. The van der Waals surface area contributed by atoms with Crippen molar-refractivity contribution in [2.45, 2.75) is 13.8 Å². The molecule has 0 N–H and O–H groups in total. The Balaban J connectivity index is 1.44. The summed E-state index contributed by atoms with van der Waals surface area (Å²) in [7, 11) is 0. The first kappa shape index (κ1) is 28.1. The molecular weight excluding hydrogens is 581 g/mol. The van der Waals surface area contributed by atoms with Crippen LogP contribution in [0.2, 0.25) is 0 Å². The predicted molar refractivity (Wildman–Crippen MR) is 203 cm³/mol. The van der Waals surface area contributed by atoms with Crippen molar-refractivity contribution >= 4 is 43.4 Å². The van der Waals surface area contributed by atoms with Gasteiger partial charge in [-0.05, 0) is 80.9 Å². The molecule has 7 aromatic carbocycles. The summed E-state index contributed by atoms with van der Waals surface area (Å²) in [5, 5.41) is 7.07. The highest BCUT2D eigenvalue weighted by molar-refractivity contribution is 6.14. The first-order valence-corrected chi connectivity index (χ1v) is 16.5. The van der Waals surface area contributed by atoms with Gasteiger partial charge in [0.25, 0.3) is 0 Å². The number of hydrogen-bond donors (Lipinski definition) is 0. The average Bonchev–Trinajstić information content (AvgIpc) is 3.14. The lowest BCUT2D eigenvalue weighted by molar-refractivity contribution is 1.37. The van der Waals surface area contributed by atoms with E-state index in [0.29, 0.717) is 0 Å². The van der Waals surface area contributed by atoms with E-state index in [0.717, 1.165) is 66.6 Å². The molecule has 0 aliphatic carbocycles. The molecular formula is C46H32N2. The van der Waals surface area contributed by atoms with E-state index in [2.05, 4.69) is 172 Å². The van der Waals surface area contributed by atoms with Crippen molar-refractivity contribution in [3.63, 3.8) is 0 Å². The topological polar surface area (TPSA) is 25.8 Å². The highest BCUT2D eigenvalue weighted by Crippen LogP contribution is 2.41. The minimum atomic E-state index is 0.908. The van der Waals surface area contributed by atoms with Gasteiger partial charge in [0.2, 0.25) is 0 Å². The summed E-state index contributed by atoms with van der Waals surface area (Å²) in [6.45, 7) is 4.37. The Morgan fingerprint density at radius 1 is 0.354 bits per heavy atom. The molecule has 48 heavy (non-hydrogen) atoms. The largest absolute Gasteiger partial charge is 0.245 e. The van der Waals surface area contributed by atoms with E-state index in [1.165, 1.54) is 32.7 Å². The number of aromatic nitrogens is 2. The van der Waals surface area contributed by atoms with Gasteiger partial charge < -0.3 is 0 Å². The maximum Gasteiger partial charge on any atom is 0.0978 e. The fraction of sp³-hybridized carbons (Fsp3) is 0.0435. The Kier molecular flexibility index (Phi) is 6.62. The van der Waals surface area contributed by atoms with Gasteiger partial charge in [-0.25, -0.2) is 9.97 Å². The van der Waals surface area contributed by atoms with Gasteiger partial charge in [-0.2, -0.15) is 0 Å². The fourth-order valence-corrected chi connectivity index (χ4v) is 7.45. The lowest BCUT2D eigenvalue weighted by Gasteiger charge is -2.17. The van der Waals surface area contributed by atoms with Gasteiger partial charge >= 0.3 is 0 Å². The van der Waals surface area contributed by atoms with Gasteiger partial charge in [0.05, 0.1) is 22.4 Å². The van der Waals surface area contributed by atoms with Crippen LogP contribution in [0.3, 0.4) is 0 Å². The van der Waals surface area contributed by atoms with Gasteiger partial charge in [0, 0.05) is 21.9 Å². The van der Waals surface area contributed by atoms with Crippen LogP contribution in [0.15, 0.2) is 158 Å². The Morgan fingerprint density at radius 3 is 1.17 bits per heavy atom. The van der Waals surface area contributed by atoms with E-state index in [9.17, 15) is 0 Å². The summed E-state index contributed by atoms with van der Waals surface area (Å²) in [5.41, 5.74) is 13.1. The van der Waals surface area contributed by atoms with Crippen molar-refractivity contribution in [2.75, 3.05) is 0 Å². The number of pyridine rings is 2. The minimum absolute atomic E-state index is 0.908. The van der Waals surface area contributed by atoms with Crippen molar-refractivity contribution < 1.29 is 0 Å². The van der Waals surface area contributed by atoms with E-state index in [4.69, 9.17) is 9.97 Å². The van der Waals surface area contributed by atoms with Crippen LogP contribution in [-0.2, 0) is 0 Å². The van der Waals surface area contributed by atoms with E-state index < -0.39 is 0 Å². The Bertz CT molecular complexity index is 2480. The molecule has 0 saturated heterocycles. The van der Waals surface area contributed by atoms with Crippen molar-refractivity contribution in [1.29, 1.82) is 0 Å². The Morgan fingerprint density at radius 2 is 0.750 bits per heavy atom. The van der Waals surface area contributed by atoms with Crippen LogP contribution in [0.25, 0.3) is 88.1 Å². The first-order chi connectivity index (χ1) is 23.6. The highest BCUT2D eigenvalue weighted by Gasteiger charge is 2.19. The summed E-state index contributed by atoms with van der Waals surface area (Å²) >= 11 is 0. The molecule has 0 saturated carbocycles. The molecule has 0 radical (unpaired) electrons. The third-order valence-corrected chi connectivity index (χ3v) is 9.71. The van der Waals surface area contributed by atoms with Crippen LogP contribution in [-0.4, -0.2) is 9.97 Å². The SMILES string of the molecule is Cc1cccc2cccc(-c3cc(-c4ccccc4)c4ccc5c(-c6ccccc6)cc(-c6cccc7cccc(C)c67)nc5c4n3)c12. The second-order valence-corrected chi connectivity index (χ2v) is 12.7. The van der Waals surface area contributed by atoms with Crippen molar-refractivity contribution in [1.82, 2.24) is 9.97 Å². The second-order valence-electron chi connectivity index (χ2n) is 12.7. The standard InChI is InChI=1S/C46H32N2/c1-29-13-9-19-33-21-11-23-37(43(29)33)41-27-39(31-15-5-3-6-16-31)35-25-26-36-40(32-17-7-4-8-18-32)28-42(48-46(36)45(35)47-41)38-24-12-22-34-20-10-14-30(2)44(34)38/h3-28H,1-2H3. The van der Waals surface area contributed by atoms with Gasteiger partial charge in [0.15, 0.2) is 0 Å². The molecule has 2 nitrogen and oxygen atoms in total. The van der Waals surface area contributed by atoms with Gasteiger partial charge in [-0.15, -0.1) is 0 Å². The molecule has 0 amide bonds. The summed E-state index contributed by atoms with van der Waals surface area (Å²) in [4.78, 5) is 11.1. The van der Waals surface area contributed by atoms with Crippen molar-refractivity contribution in [3.8, 4) is 44.8 Å². The normalized spacial score (nSPS) is 11.5. The maximum atomic E-state index is 5.54. The number of benzene rings is 7. The molecule has 0 bridgehead atoms. The van der Waals surface area contributed by atoms with E-state index in [1.54, 1.807) is 0 Å². The number of hydrogen-bond acceptors (Lipinski definition) is 2. The summed E-state index contributed by atoms with van der Waals surface area (Å²) < 4.78 is 0. The monoisotopic (exact) mass is 612 g/mol. The first-order valence-electron chi connectivity index (χ1n) is 16.5. The summed E-state index contributed by atoms with van der Waals surface area (Å²) in [6.07, 6.45) is 0. The fourth-order valence-electron chi connectivity index (χ4n) is 7.45. The number of fused-ring (bicyclic) bond motifs is 5. The molecule has 2 aromatic heterocycles. The molecule has 9 aromatic rings. The van der Waals surface area contributed by atoms with Gasteiger partial charge in [0.1, 0.15) is 0 Å². The van der Waals surface area contributed by atoms with Crippen LogP contribution in [0.4, 0.5) is 0 Å². The van der Waals surface area contributed by atoms with Crippen LogP contribution < -0.4 is 0 Å². The molecule has 2 heterocycles. The molecule has 2 heteroatoms. The number of rotatable bonds is 4. The predicted octanol–water partition coefficient (Wildman–Crippen LogP) is 12.4. The Labute approximate surface area is 280 Å². The van der Waals surface area contributed by atoms with E-state index in [-0.39, 0.29) is 0 Å². The number of aryl methyl sites for hydroxylation is 2. The van der Waals surface area contributed by atoms with Crippen molar-refractivity contribution in [3.05, 3.63) is 169 Å². The molecule has 0 unspecified atom stereocenters. The zero-order chi connectivity index (χ0) is 32.2. The second kappa shape index (κ2) is 11.3. The quantitative estimate of drug-likeness (QED) is 0.185. The van der Waals surface area contributed by atoms with Crippen LogP contribution >= 0.6 is 0 Å². The van der Waals surface area contributed by atoms with Crippen LogP contribution in [0.1, 0.15) is 11.1 Å². The smallest absolute Gasteiger partial charge is 0.0978 e. The molecule has 0 atom stereocenters. The summed E-state index contributed by atoms with van der Waals surface area (Å²) in [6, 6.07) is 56.4. The number of nitrogens with zero attached hydrogens (tertiary/aromatic N) is 2. The molecule has 226 valence electrons. The Hall–Kier alpha value is -6.12. The van der Waals surface area contributed by atoms with E-state index >= 15 is 0 Å². The molecule has 0 aliphatic heterocycles. The van der Waals surface area contributed by atoms with Gasteiger partial charge in [-0.1, -0.05) is 146 Å². The maximum absolute atomic E-state index is 5.54. The van der Waals surface area contributed by atoms with Crippen molar-refractivity contribution in [2.24, 2.45) is 0 Å². The molecule has 0 aliphatic rings. The molecule has 9 rings (SSSR count). The van der Waals surface area contributed by atoms with Gasteiger partial charge in [-0.3, -0.25) is 0 Å². The lowest BCUT2D eigenvalue weighted by atomic mass is 9.91. The molecule has 0 spiro atoms. The third kappa shape index (κ3) is 4.57. The lowest BCUT2D eigenvalue weighted by Crippen LogP contribution is -1.96. The highest BCUT2D eigenvalue weighted by atomic mass is 14.8. The zero-order valence-electron chi connectivity index (χ0n) is 26.9. The van der Waals surface area contributed by atoms with Crippen LogP contribution in [0, 0.1) is 13.8 Å².